The Morgan fingerprint density at radius 1 is 1.28 bits per heavy atom. The quantitative estimate of drug-likeness (QED) is 0.705. The monoisotopic (exact) mass is 388 g/mol. The van der Waals surface area contributed by atoms with Crippen LogP contribution >= 0.6 is 11.6 Å². The van der Waals surface area contributed by atoms with Gasteiger partial charge >= 0.3 is 0 Å². The lowest BCUT2D eigenvalue weighted by Crippen LogP contribution is -2.41. The van der Waals surface area contributed by atoms with E-state index in [1.54, 1.807) is 0 Å². The highest BCUT2D eigenvalue weighted by molar-refractivity contribution is 7.89. The Hall–Kier alpha value is -0.660. The summed E-state index contributed by atoms with van der Waals surface area (Å²) >= 11 is 6.36. The van der Waals surface area contributed by atoms with Gasteiger partial charge in [0.05, 0.1) is 11.9 Å². The number of likely N-dealkylation sites (N-methyl/N-ethyl adjacent to an activating group) is 1. The van der Waals surface area contributed by atoms with Crippen molar-refractivity contribution in [3.05, 3.63) is 34.9 Å². The smallest absolute Gasteiger partial charge is 0.214 e. The summed E-state index contributed by atoms with van der Waals surface area (Å²) in [5.74, 6) is 0.0283. The van der Waals surface area contributed by atoms with Gasteiger partial charge in [-0.2, -0.15) is 0 Å². The molecule has 1 N–H and O–H groups in total. The van der Waals surface area contributed by atoms with E-state index >= 15 is 0 Å². The van der Waals surface area contributed by atoms with E-state index in [1.807, 2.05) is 24.3 Å². The molecule has 2 unspecified atom stereocenters. The van der Waals surface area contributed by atoms with Gasteiger partial charge in [0.25, 0.3) is 0 Å². The molecule has 25 heavy (non-hydrogen) atoms. The minimum atomic E-state index is -3.39. The van der Waals surface area contributed by atoms with Crippen LogP contribution in [0.15, 0.2) is 24.3 Å². The molecule has 0 aromatic heterocycles. The van der Waals surface area contributed by atoms with Gasteiger partial charge in [-0.15, -0.1) is 0 Å². The van der Waals surface area contributed by atoms with Gasteiger partial charge in [0.15, 0.2) is 0 Å². The molecule has 0 amide bonds. The fourth-order valence-corrected chi connectivity index (χ4v) is 4.84. The Morgan fingerprint density at radius 2 is 2.00 bits per heavy atom. The van der Waals surface area contributed by atoms with E-state index in [-0.39, 0.29) is 17.9 Å². The maximum Gasteiger partial charge on any atom is 0.214 e. The molecular weight excluding hydrogens is 360 g/mol. The number of rotatable bonds is 9. The van der Waals surface area contributed by atoms with Gasteiger partial charge < -0.3 is 4.74 Å². The number of hydrogen-bond donors (Lipinski definition) is 1. The standard InChI is InChI=1S/C18H29ClN2O3S/c1-3-21(4-2)18(16-10-5-6-11-17(16)19)13-20-25(22,23)14-15-9-7-8-12-24-15/h5-6,10-11,15,18,20H,3-4,7-9,12-14H2,1-2H3. The average Bonchev–Trinajstić information content (AvgIpc) is 2.60. The first-order chi connectivity index (χ1) is 12.0. The first kappa shape index (κ1) is 20.6. The summed E-state index contributed by atoms with van der Waals surface area (Å²) in [7, 11) is -3.39. The highest BCUT2D eigenvalue weighted by Gasteiger charge is 2.25. The molecular formula is C18H29ClN2O3S. The number of ether oxygens (including phenoxy) is 1. The Kier molecular flexibility index (Phi) is 8.16. The lowest BCUT2D eigenvalue weighted by atomic mass is 10.1. The molecule has 2 rings (SSSR count). The Bertz CT molecular complexity index is 629. The van der Waals surface area contributed by atoms with Crippen LogP contribution in [0.2, 0.25) is 5.02 Å². The fraction of sp³-hybridized carbons (Fsp3) is 0.667. The minimum absolute atomic E-state index is 0.0283. The lowest BCUT2D eigenvalue weighted by Gasteiger charge is -2.31. The van der Waals surface area contributed by atoms with E-state index in [9.17, 15) is 8.42 Å². The Morgan fingerprint density at radius 3 is 2.60 bits per heavy atom. The van der Waals surface area contributed by atoms with Gasteiger partial charge in [-0.1, -0.05) is 43.6 Å². The molecule has 1 aromatic rings. The summed E-state index contributed by atoms with van der Waals surface area (Å²) in [5.41, 5.74) is 0.949. The Labute approximate surface area is 156 Å². The summed E-state index contributed by atoms with van der Waals surface area (Å²) in [5, 5.41) is 0.661. The number of halogens is 1. The molecule has 0 aliphatic carbocycles. The number of benzene rings is 1. The predicted octanol–water partition coefficient (Wildman–Crippen LogP) is 3.21. The molecule has 1 aliphatic rings. The first-order valence-corrected chi connectivity index (χ1v) is 11.1. The van der Waals surface area contributed by atoms with E-state index in [2.05, 4.69) is 23.5 Å². The second-order valence-corrected chi connectivity index (χ2v) is 8.64. The third-order valence-electron chi connectivity index (χ3n) is 4.69. The summed E-state index contributed by atoms with van der Waals surface area (Å²) < 4.78 is 33.3. The molecule has 2 atom stereocenters. The zero-order valence-corrected chi connectivity index (χ0v) is 16.7. The van der Waals surface area contributed by atoms with Crippen LogP contribution in [0, 0.1) is 0 Å². The van der Waals surface area contributed by atoms with Crippen molar-refractivity contribution in [2.45, 2.75) is 45.3 Å². The van der Waals surface area contributed by atoms with E-state index in [4.69, 9.17) is 16.3 Å². The predicted molar refractivity (Wildman–Crippen MR) is 102 cm³/mol. The molecule has 142 valence electrons. The van der Waals surface area contributed by atoms with Gasteiger partial charge in [0.2, 0.25) is 10.0 Å². The van der Waals surface area contributed by atoms with Gasteiger partial charge in [-0.3, -0.25) is 4.90 Å². The molecule has 5 nitrogen and oxygen atoms in total. The third kappa shape index (κ3) is 6.22. The van der Waals surface area contributed by atoms with Crippen molar-refractivity contribution in [3.8, 4) is 0 Å². The second kappa shape index (κ2) is 9.88. The van der Waals surface area contributed by atoms with Gasteiger partial charge in [-0.05, 0) is 44.0 Å². The maximum absolute atomic E-state index is 12.5. The van der Waals surface area contributed by atoms with Crippen LogP contribution in [0.1, 0.15) is 44.7 Å². The van der Waals surface area contributed by atoms with Gasteiger partial charge in [-0.25, -0.2) is 13.1 Å². The summed E-state index contributed by atoms with van der Waals surface area (Å²) in [6, 6.07) is 7.53. The number of hydrogen-bond acceptors (Lipinski definition) is 4. The zero-order chi connectivity index (χ0) is 18.3. The van der Waals surface area contributed by atoms with Crippen molar-refractivity contribution in [1.82, 2.24) is 9.62 Å². The molecule has 0 radical (unpaired) electrons. The van der Waals surface area contributed by atoms with Crippen LogP contribution in [-0.2, 0) is 14.8 Å². The van der Waals surface area contributed by atoms with Crippen LogP contribution in [0.4, 0.5) is 0 Å². The fourth-order valence-electron chi connectivity index (χ4n) is 3.29. The SMILES string of the molecule is CCN(CC)C(CNS(=O)(=O)CC1CCCCO1)c1ccccc1Cl. The number of nitrogens with zero attached hydrogens (tertiary/aromatic N) is 1. The maximum atomic E-state index is 12.5. The second-order valence-electron chi connectivity index (χ2n) is 6.38. The normalized spacial score (nSPS) is 19.9. The van der Waals surface area contributed by atoms with Crippen molar-refractivity contribution in [2.75, 3.05) is 32.0 Å². The summed E-state index contributed by atoms with van der Waals surface area (Å²) in [4.78, 5) is 2.21. The van der Waals surface area contributed by atoms with Crippen molar-refractivity contribution in [2.24, 2.45) is 0 Å². The molecule has 0 saturated carbocycles. The van der Waals surface area contributed by atoms with Crippen LogP contribution < -0.4 is 4.72 Å². The van der Waals surface area contributed by atoms with Crippen LogP contribution in [0.25, 0.3) is 0 Å². The topological polar surface area (TPSA) is 58.6 Å². The molecule has 1 saturated heterocycles. The van der Waals surface area contributed by atoms with E-state index < -0.39 is 10.0 Å². The molecule has 0 bridgehead atoms. The number of sulfonamides is 1. The van der Waals surface area contributed by atoms with Crippen LogP contribution in [0.3, 0.4) is 0 Å². The molecule has 0 spiro atoms. The largest absolute Gasteiger partial charge is 0.377 e. The van der Waals surface area contributed by atoms with Crippen LogP contribution in [-0.4, -0.2) is 51.4 Å². The highest BCUT2D eigenvalue weighted by atomic mass is 35.5. The van der Waals surface area contributed by atoms with Crippen molar-refractivity contribution < 1.29 is 13.2 Å². The average molecular weight is 389 g/mol. The van der Waals surface area contributed by atoms with Crippen molar-refractivity contribution >= 4 is 21.6 Å². The molecule has 7 heteroatoms. The minimum Gasteiger partial charge on any atom is -0.377 e. The number of nitrogens with one attached hydrogen (secondary N) is 1. The zero-order valence-electron chi connectivity index (χ0n) is 15.1. The van der Waals surface area contributed by atoms with Crippen molar-refractivity contribution in [1.29, 1.82) is 0 Å². The lowest BCUT2D eigenvalue weighted by molar-refractivity contribution is 0.0303. The van der Waals surface area contributed by atoms with Gasteiger partial charge in [0, 0.05) is 24.2 Å². The molecule has 1 fully saturated rings. The summed E-state index contributed by atoms with van der Waals surface area (Å²) in [6.45, 7) is 6.73. The van der Waals surface area contributed by atoms with Crippen molar-refractivity contribution in [3.63, 3.8) is 0 Å². The highest BCUT2D eigenvalue weighted by Crippen LogP contribution is 2.27. The van der Waals surface area contributed by atoms with E-state index in [0.717, 1.165) is 37.9 Å². The van der Waals surface area contributed by atoms with Crippen LogP contribution in [0.5, 0.6) is 0 Å². The third-order valence-corrected chi connectivity index (χ3v) is 6.45. The van der Waals surface area contributed by atoms with E-state index in [0.29, 0.717) is 18.2 Å². The first-order valence-electron chi connectivity index (χ1n) is 9.04. The molecule has 1 heterocycles. The molecule has 1 aliphatic heterocycles. The van der Waals surface area contributed by atoms with Gasteiger partial charge in [0.1, 0.15) is 0 Å². The van der Waals surface area contributed by atoms with E-state index in [1.165, 1.54) is 0 Å². The summed E-state index contributed by atoms with van der Waals surface area (Å²) in [6.07, 6.45) is 2.66. The Balaban J connectivity index is 2.07. The molecule has 1 aromatic carbocycles.